The maximum Gasteiger partial charge on any atom is 0.217 e. The molecule has 0 aliphatic rings. The minimum absolute atomic E-state index is 0.0139. The summed E-state index contributed by atoms with van der Waals surface area (Å²) in [5, 5.41) is 2.90. The number of alkyl halides is 1. The molecule has 3 heteroatoms. The van der Waals surface area contributed by atoms with Crippen LogP contribution in [0.4, 0.5) is 0 Å². The van der Waals surface area contributed by atoms with Crippen LogP contribution in [-0.2, 0) is 4.79 Å². The first-order chi connectivity index (χ1) is 5.38. The second kappa shape index (κ2) is 4.70. The Morgan fingerprint density at radius 2 is 2.00 bits per heavy atom. The highest BCUT2D eigenvalue weighted by Gasteiger charge is 2.24. The number of amides is 1. The first-order valence-corrected chi connectivity index (χ1v) is 4.74. The van der Waals surface area contributed by atoms with Gasteiger partial charge in [0.05, 0.1) is 0 Å². The highest BCUT2D eigenvalue weighted by molar-refractivity contribution is 6.17. The van der Waals surface area contributed by atoms with Gasteiger partial charge in [-0.15, -0.1) is 11.6 Å². The van der Waals surface area contributed by atoms with Gasteiger partial charge >= 0.3 is 0 Å². The molecule has 1 N–H and O–H groups in total. The van der Waals surface area contributed by atoms with Gasteiger partial charge < -0.3 is 5.32 Å². The van der Waals surface area contributed by atoms with Crippen LogP contribution in [0, 0.1) is 5.41 Å². The van der Waals surface area contributed by atoms with E-state index in [0.717, 1.165) is 6.42 Å². The molecule has 0 heterocycles. The fourth-order valence-electron chi connectivity index (χ4n) is 1.08. The summed E-state index contributed by atoms with van der Waals surface area (Å²) >= 11 is 5.63. The molecule has 0 rings (SSSR count). The number of rotatable bonds is 3. The number of halogens is 1. The van der Waals surface area contributed by atoms with Gasteiger partial charge in [-0.3, -0.25) is 4.79 Å². The summed E-state index contributed by atoms with van der Waals surface area (Å²) in [7, 11) is 0. The van der Waals surface area contributed by atoms with Crippen LogP contribution in [0.5, 0.6) is 0 Å². The van der Waals surface area contributed by atoms with E-state index >= 15 is 0 Å². The van der Waals surface area contributed by atoms with E-state index in [1.807, 2.05) is 0 Å². The molecule has 2 nitrogen and oxygen atoms in total. The molecule has 1 amide bonds. The van der Waals surface area contributed by atoms with E-state index in [1.54, 1.807) is 0 Å². The molecule has 0 bridgehead atoms. The van der Waals surface area contributed by atoms with Crippen molar-refractivity contribution >= 4 is 17.5 Å². The predicted molar refractivity (Wildman–Crippen MR) is 52.4 cm³/mol. The summed E-state index contributed by atoms with van der Waals surface area (Å²) in [6, 6.07) is 0.174. The topological polar surface area (TPSA) is 29.1 Å². The molecule has 1 atom stereocenters. The van der Waals surface area contributed by atoms with Crippen LogP contribution in [0.3, 0.4) is 0 Å². The van der Waals surface area contributed by atoms with Crippen LogP contribution in [0.2, 0.25) is 0 Å². The van der Waals surface area contributed by atoms with Crippen molar-refractivity contribution in [2.75, 3.05) is 5.88 Å². The van der Waals surface area contributed by atoms with Crippen molar-refractivity contribution in [1.82, 2.24) is 5.32 Å². The Labute approximate surface area is 79.7 Å². The van der Waals surface area contributed by atoms with Gasteiger partial charge in [0.15, 0.2) is 0 Å². The Hall–Kier alpha value is -0.240. The van der Waals surface area contributed by atoms with E-state index in [4.69, 9.17) is 11.6 Å². The highest BCUT2D eigenvalue weighted by atomic mass is 35.5. The van der Waals surface area contributed by atoms with Gasteiger partial charge in [0, 0.05) is 18.8 Å². The summed E-state index contributed by atoms with van der Waals surface area (Å²) in [5.41, 5.74) is 0.0839. The number of carbonyl (C=O) groups is 1. The van der Waals surface area contributed by atoms with E-state index in [2.05, 4.69) is 26.1 Å². The third-order valence-electron chi connectivity index (χ3n) is 1.82. The molecule has 12 heavy (non-hydrogen) atoms. The summed E-state index contributed by atoms with van der Waals surface area (Å²) < 4.78 is 0. The molecule has 1 unspecified atom stereocenters. The largest absolute Gasteiger partial charge is 0.353 e. The van der Waals surface area contributed by atoms with E-state index in [1.165, 1.54) is 6.92 Å². The second-order valence-electron chi connectivity index (χ2n) is 4.10. The molecule has 0 aromatic heterocycles. The monoisotopic (exact) mass is 191 g/mol. The molecule has 0 saturated carbocycles. The van der Waals surface area contributed by atoms with Crippen molar-refractivity contribution in [3.8, 4) is 0 Å². The van der Waals surface area contributed by atoms with Crippen molar-refractivity contribution in [2.45, 2.75) is 40.2 Å². The Kier molecular flexibility index (Phi) is 4.61. The summed E-state index contributed by atoms with van der Waals surface area (Å²) in [6.45, 7) is 7.83. The molecule has 0 aliphatic heterocycles. The van der Waals surface area contributed by atoms with E-state index in [9.17, 15) is 4.79 Å². The molecule has 0 fully saturated rings. The normalized spacial score (nSPS) is 14.1. The Morgan fingerprint density at radius 1 is 1.50 bits per heavy atom. The van der Waals surface area contributed by atoms with Crippen molar-refractivity contribution in [2.24, 2.45) is 5.41 Å². The maximum atomic E-state index is 10.8. The van der Waals surface area contributed by atoms with Gasteiger partial charge in [-0.2, -0.15) is 0 Å². The highest BCUT2D eigenvalue weighted by Crippen LogP contribution is 2.21. The smallest absolute Gasteiger partial charge is 0.217 e. The quantitative estimate of drug-likeness (QED) is 0.681. The van der Waals surface area contributed by atoms with Crippen LogP contribution in [0.15, 0.2) is 0 Å². The molecule has 0 aromatic rings. The van der Waals surface area contributed by atoms with E-state index in [-0.39, 0.29) is 17.4 Å². The molecule has 0 radical (unpaired) electrons. The minimum atomic E-state index is 0.0139. The second-order valence-corrected chi connectivity index (χ2v) is 4.47. The summed E-state index contributed by atoms with van der Waals surface area (Å²) in [6.07, 6.45) is 0.824. The fraction of sp³-hybridized carbons (Fsp3) is 0.889. The van der Waals surface area contributed by atoms with E-state index < -0.39 is 0 Å². The minimum Gasteiger partial charge on any atom is -0.353 e. The van der Waals surface area contributed by atoms with Crippen LogP contribution >= 0.6 is 11.6 Å². The van der Waals surface area contributed by atoms with E-state index in [0.29, 0.717) is 5.88 Å². The van der Waals surface area contributed by atoms with Crippen LogP contribution in [0.1, 0.15) is 34.1 Å². The van der Waals surface area contributed by atoms with Crippen molar-refractivity contribution in [3.63, 3.8) is 0 Å². The van der Waals surface area contributed by atoms with Crippen LogP contribution in [-0.4, -0.2) is 17.8 Å². The summed E-state index contributed by atoms with van der Waals surface area (Å²) in [4.78, 5) is 10.8. The lowest BCUT2D eigenvalue weighted by Gasteiger charge is -2.30. The van der Waals surface area contributed by atoms with Gasteiger partial charge in [-0.1, -0.05) is 20.8 Å². The molecule has 0 spiro atoms. The van der Waals surface area contributed by atoms with Gasteiger partial charge in [0.25, 0.3) is 0 Å². The van der Waals surface area contributed by atoms with Crippen LogP contribution < -0.4 is 5.32 Å². The number of carbonyl (C=O) groups excluding carboxylic acids is 1. The lowest BCUT2D eigenvalue weighted by Crippen LogP contribution is -2.42. The first-order valence-electron chi connectivity index (χ1n) is 4.21. The van der Waals surface area contributed by atoms with Gasteiger partial charge in [0.2, 0.25) is 5.91 Å². The number of hydrogen-bond acceptors (Lipinski definition) is 1. The van der Waals surface area contributed by atoms with Gasteiger partial charge in [-0.25, -0.2) is 0 Å². The van der Waals surface area contributed by atoms with Crippen molar-refractivity contribution < 1.29 is 4.79 Å². The number of hydrogen-bond donors (Lipinski definition) is 1. The third kappa shape index (κ3) is 4.60. The predicted octanol–water partition coefficient (Wildman–Crippen LogP) is 2.17. The summed E-state index contributed by atoms with van der Waals surface area (Å²) in [5.74, 6) is 0.599. The Balaban J connectivity index is 4.13. The fourth-order valence-corrected chi connectivity index (χ4v) is 1.29. The Bertz CT molecular complexity index is 151. The zero-order chi connectivity index (χ0) is 9.78. The van der Waals surface area contributed by atoms with Gasteiger partial charge in [-0.05, 0) is 11.8 Å². The zero-order valence-electron chi connectivity index (χ0n) is 8.28. The lowest BCUT2D eigenvalue weighted by molar-refractivity contribution is -0.120. The molecular formula is C9H18ClNO. The van der Waals surface area contributed by atoms with Crippen molar-refractivity contribution in [1.29, 1.82) is 0 Å². The SMILES string of the molecule is CC(=O)NC(CCCl)C(C)(C)C. The lowest BCUT2D eigenvalue weighted by atomic mass is 9.85. The standard InChI is InChI=1S/C9H18ClNO/c1-7(12)11-8(5-6-10)9(2,3)4/h8H,5-6H2,1-4H3,(H,11,12). The molecule has 0 aromatic carbocycles. The molecule has 72 valence electrons. The molecule has 0 saturated heterocycles. The van der Waals surface area contributed by atoms with Crippen LogP contribution in [0.25, 0.3) is 0 Å². The third-order valence-corrected chi connectivity index (χ3v) is 2.04. The number of nitrogens with one attached hydrogen (secondary N) is 1. The van der Waals surface area contributed by atoms with Gasteiger partial charge in [0.1, 0.15) is 0 Å². The maximum absolute atomic E-state index is 10.8. The average molecular weight is 192 g/mol. The average Bonchev–Trinajstić information content (AvgIpc) is 1.83. The Morgan fingerprint density at radius 3 is 2.25 bits per heavy atom. The molecule has 0 aliphatic carbocycles. The molecular weight excluding hydrogens is 174 g/mol. The van der Waals surface area contributed by atoms with Crippen molar-refractivity contribution in [3.05, 3.63) is 0 Å². The first kappa shape index (κ1) is 11.8. The zero-order valence-corrected chi connectivity index (χ0v) is 9.03.